The van der Waals surface area contributed by atoms with Gasteiger partial charge in [-0.25, -0.2) is 24.3 Å². The molecule has 50 heavy (non-hydrogen) atoms. The molecule has 5 heterocycles. The first-order valence-corrected chi connectivity index (χ1v) is 16.9. The molecule has 0 N–H and O–H groups in total. The maximum absolute atomic E-state index is 13.7. The maximum atomic E-state index is 13.7. The molecule has 0 aliphatic heterocycles. The van der Waals surface area contributed by atoms with Crippen molar-refractivity contribution in [1.82, 2.24) is 24.3 Å². The van der Waals surface area contributed by atoms with E-state index in [9.17, 15) is 4.79 Å². The van der Waals surface area contributed by atoms with Crippen molar-refractivity contribution in [2.75, 3.05) is 0 Å². The lowest BCUT2D eigenvalue weighted by molar-refractivity contribution is 0.668. The molecule has 0 saturated carbocycles. The van der Waals surface area contributed by atoms with Gasteiger partial charge in [0, 0.05) is 42.9 Å². The number of furan rings is 2. The second kappa shape index (κ2) is 10.1. The molecule has 11 aromatic rings. The Kier molecular flexibility index (Phi) is 5.53. The van der Waals surface area contributed by atoms with Crippen molar-refractivity contribution in [2.24, 2.45) is 0 Å². The summed E-state index contributed by atoms with van der Waals surface area (Å²) in [4.78, 5) is 34.1. The lowest BCUT2D eigenvalue weighted by Crippen LogP contribution is -2.11. The van der Waals surface area contributed by atoms with Crippen molar-refractivity contribution in [3.8, 4) is 34.2 Å². The Balaban J connectivity index is 1.14. The number of nitrogens with zero attached hydrogens (tertiary/aromatic N) is 5. The van der Waals surface area contributed by atoms with Crippen LogP contribution in [-0.4, -0.2) is 24.3 Å². The molecule has 0 aliphatic carbocycles. The molecular weight excluding hydrogens is 643 g/mol. The highest BCUT2D eigenvalue weighted by molar-refractivity contribution is 7.23. The van der Waals surface area contributed by atoms with E-state index in [1.807, 2.05) is 115 Å². The fraction of sp³-hybridized carbons (Fsp3) is 0. The maximum Gasteiger partial charge on any atom is 0.266 e. The number of hydrogen-bond acceptors (Lipinski definition) is 8. The summed E-state index contributed by atoms with van der Waals surface area (Å²) in [6, 6.07) is 41.5. The lowest BCUT2D eigenvalue weighted by atomic mass is 10.1. The highest BCUT2D eigenvalue weighted by Gasteiger charge is 2.18. The molecular formula is C41H21N5O3S. The highest BCUT2D eigenvalue weighted by Crippen LogP contribution is 2.35. The van der Waals surface area contributed by atoms with Crippen LogP contribution in [0.15, 0.2) is 141 Å². The zero-order chi connectivity index (χ0) is 32.9. The number of benzene rings is 6. The van der Waals surface area contributed by atoms with Crippen LogP contribution in [-0.2, 0) is 0 Å². The van der Waals surface area contributed by atoms with Gasteiger partial charge in [-0.3, -0.25) is 4.79 Å². The predicted octanol–water partition coefficient (Wildman–Crippen LogP) is 10.0. The van der Waals surface area contributed by atoms with E-state index in [-0.39, 0.29) is 5.56 Å². The Morgan fingerprint density at radius 2 is 0.980 bits per heavy atom. The summed E-state index contributed by atoms with van der Waals surface area (Å²) in [6.07, 6.45) is 0. The van der Waals surface area contributed by atoms with Crippen LogP contribution in [0.4, 0.5) is 0 Å². The average Bonchev–Trinajstić information content (AvgIpc) is 3.84. The van der Waals surface area contributed by atoms with Gasteiger partial charge < -0.3 is 8.83 Å². The van der Waals surface area contributed by atoms with Crippen molar-refractivity contribution < 1.29 is 8.83 Å². The summed E-state index contributed by atoms with van der Waals surface area (Å²) >= 11 is 1.49. The van der Waals surface area contributed by atoms with Gasteiger partial charge in [0.15, 0.2) is 22.4 Å². The van der Waals surface area contributed by atoms with Gasteiger partial charge in [0.25, 0.3) is 5.56 Å². The first-order chi connectivity index (χ1) is 24.6. The van der Waals surface area contributed by atoms with Gasteiger partial charge in [0.05, 0.1) is 16.4 Å². The van der Waals surface area contributed by atoms with Crippen molar-refractivity contribution >= 4 is 81.3 Å². The van der Waals surface area contributed by atoms with Crippen LogP contribution in [0.3, 0.4) is 0 Å². The zero-order valence-electron chi connectivity index (χ0n) is 26.0. The van der Waals surface area contributed by atoms with Gasteiger partial charge in [-0.2, -0.15) is 0 Å². The topological polar surface area (TPSA) is 99.3 Å². The molecule has 8 nitrogen and oxygen atoms in total. The average molecular weight is 664 g/mol. The Hall–Kier alpha value is -6.71. The van der Waals surface area contributed by atoms with Crippen molar-refractivity contribution in [3.05, 3.63) is 138 Å². The third kappa shape index (κ3) is 4.01. The number of hydrogen-bond donors (Lipinski definition) is 0. The van der Waals surface area contributed by atoms with Gasteiger partial charge in [-0.15, -0.1) is 0 Å². The number of aromatic nitrogens is 5. The predicted molar refractivity (Wildman–Crippen MR) is 199 cm³/mol. The standard InChI is InChI=1S/C41H21N5O3S/c47-40-29-9-3-6-12-36(29)50-41-42-30-18-15-22(19-31(30)46(40)41)37-43-38(23-13-16-27-25-7-1-4-10-32(25)48-34(27)20-23)45-39(44-37)24-14-17-28-26-8-2-5-11-33(26)49-35(28)21-24/h1-21H. The van der Waals surface area contributed by atoms with E-state index in [1.54, 1.807) is 4.40 Å². The fourth-order valence-electron chi connectivity index (χ4n) is 6.90. The number of fused-ring (bicyclic) bond motifs is 10. The molecule has 234 valence electrons. The van der Waals surface area contributed by atoms with Crippen molar-refractivity contribution in [2.45, 2.75) is 0 Å². The fourth-order valence-corrected chi connectivity index (χ4v) is 7.93. The molecule has 0 fully saturated rings. The Morgan fingerprint density at radius 1 is 0.480 bits per heavy atom. The van der Waals surface area contributed by atoms with Gasteiger partial charge >= 0.3 is 0 Å². The molecule has 5 aromatic heterocycles. The van der Waals surface area contributed by atoms with E-state index >= 15 is 0 Å². The van der Waals surface area contributed by atoms with E-state index in [0.29, 0.717) is 33.3 Å². The van der Waals surface area contributed by atoms with Crippen LogP contribution >= 0.6 is 11.3 Å². The number of para-hydroxylation sites is 2. The minimum Gasteiger partial charge on any atom is -0.456 e. The minimum absolute atomic E-state index is 0.107. The normalized spacial score (nSPS) is 12.1. The summed E-state index contributed by atoms with van der Waals surface area (Å²) in [5.74, 6) is 1.45. The monoisotopic (exact) mass is 663 g/mol. The van der Waals surface area contributed by atoms with E-state index in [1.165, 1.54) is 11.3 Å². The smallest absolute Gasteiger partial charge is 0.266 e. The van der Waals surface area contributed by atoms with Crippen LogP contribution in [0.25, 0.3) is 104 Å². The van der Waals surface area contributed by atoms with Crippen LogP contribution in [0, 0.1) is 0 Å². The molecule has 11 rings (SSSR count). The van der Waals surface area contributed by atoms with Crippen molar-refractivity contribution in [1.29, 1.82) is 0 Å². The Bertz CT molecular complexity index is 3130. The Labute approximate surface area is 285 Å². The quantitative estimate of drug-likeness (QED) is 0.185. The molecule has 0 radical (unpaired) electrons. The van der Waals surface area contributed by atoms with E-state index in [4.69, 9.17) is 28.8 Å². The molecule has 0 spiro atoms. The van der Waals surface area contributed by atoms with Gasteiger partial charge in [-0.05, 0) is 66.7 Å². The third-order valence-electron chi connectivity index (χ3n) is 9.31. The van der Waals surface area contributed by atoms with Gasteiger partial charge in [-0.1, -0.05) is 72.0 Å². The second-order valence-electron chi connectivity index (χ2n) is 12.3. The summed E-state index contributed by atoms with van der Waals surface area (Å²) in [7, 11) is 0. The molecule has 0 amide bonds. The largest absolute Gasteiger partial charge is 0.456 e. The highest BCUT2D eigenvalue weighted by atomic mass is 32.1. The van der Waals surface area contributed by atoms with Gasteiger partial charge in [0.2, 0.25) is 0 Å². The van der Waals surface area contributed by atoms with Crippen LogP contribution in [0.1, 0.15) is 0 Å². The molecule has 0 saturated heterocycles. The summed E-state index contributed by atoms with van der Waals surface area (Å²) in [5.41, 5.74) is 6.76. The van der Waals surface area contributed by atoms with Crippen LogP contribution in [0.5, 0.6) is 0 Å². The zero-order valence-corrected chi connectivity index (χ0v) is 26.8. The van der Waals surface area contributed by atoms with E-state index < -0.39 is 0 Å². The van der Waals surface area contributed by atoms with Gasteiger partial charge in [0.1, 0.15) is 22.3 Å². The van der Waals surface area contributed by atoms with Crippen molar-refractivity contribution in [3.63, 3.8) is 0 Å². The number of rotatable bonds is 3. The van der Waals surface area contributed by atoms with Crippen LogP contribution in [0.2, 0.25) is 0 Å². The molecule has 0 aliphatic rings. The number of imidazole rings is 1. The lowest BCUT2D eigenvalue weighted by Gasteiger charge is -2.09. The molecule has 0 bridgehead atoms. The van der Waals surface area contributed by atoms with Crippen LogP contribution < -0.4 is 5.56 Å². The molecule has 0 unspecified atom stereocenters. The summed E-state index contributed by atoms with van der Waals surface area (Å²) < 4.78 is 15.0. The summed E-state index contributed by atoms with van der Waals surface area (Å²) in [5, 5.41) is 4.81. The Morgan fingerprint density at radius 3 is 1.60 bits per heavy atom. The minimum atomic E-state index is -0.107. The second-order valence-corrected chi connectivity index (χ2v) is 13.3. The third-order valence-corrected chi connectivity index (χ3v) is 10.3. The molecule has 0 atom stereocenters. The molecule has 9 heteroatoms. The SMILES string of the molecule is O=c1c2ccccc2sc2nc3ccc(-c4nc(-c5ccc6c(c5)oc5ccccc56)nc(-c5ccc6c(c5)oc5ccccc56)n4)cc3n12. The first-order valence-electron chi connectivity index (χ1n) is 16.1. The molecule has 6 aromatic carbocycles. The van der Waals surface area contributed by atoms with E-state index in [0.717, 1.165) is 70.8 Å². The summed E-state index contributed by atoms with van der Waals surface area (Å²) in [6.45, 7) is 0. The van der Waals surface area contributed by atoms with E-state index in [2.05, 4.69) is 12.1 Å². The first kappa shape index (κ1) is 27.3.